The van der Waals surface area contributed by atoms with E-state index in [-0.39, 0.29) is 6.04 Å². The van der Waals surface area contributed by atoms with Crippen LogP contribution in [0.4, 0.5) is 13.2 Å². The van der Waals surface area contributed by atoms with Crippen LogP contribution in [0.25, 0.3) is 0 Å². The second-order valence-corrected chi connectivity index (χ2v) is 5.77. The number of hydrogen-bond acceptors (Lipinski definition) is 2. The molecule has 1 aromatic carbocycles. The summed E-state index contributed by atoms with van der Waals surface area (Å²) in [5.41, 5.74) is 6.32. The molecule has 0 spiro atoms. The summed E-state index contributed by atoms with van der Waals surface area (Å²) in [4.78, 5) is 0. The predicted molar refractivity (Wildman–Crippen MR) is 68.4 cm³/mol. The van der Waals surface area contributed by atoms with Crippen LogP contribution in [0.5, 0.6) is 0 Å². The summed E-state index contributed by atoms with van der Waals surface area (Å²) in [6.07, 6.45) is -2.07. The molecule has 0 saturated carbocycles. The van der Waals surface area contributed by atoms with Gasteiger partial charge in [-0.2, -0.15) is 24.9 Å². The fraction of sp³-hybridized carbons (Fsp3) is 0.538. The number of benzene rings is 1. The second-order valence-electron chi connectivity index (χ2n) is 4.62. The van der Waals surface area contributed by atoms with Gasteiger partial charge in [0.2, 0.25) is 0 Å². The van der Waals surface area contributed by atoms with Gasteiger partial charge in [-0.3, -0.25) is 0 Å². The van der Waals surface area contributed by atoms with Gasteiger partial charge >= 0.3 is 6.18 Å². The summed E-state index contributed by atoms with van der Waals surface area (Å²) < 4.78 is 37.3. The molecule has 1 saturated heterocycles. The van der Waals surface area contributed by atoms with Crippen LogP contribution in [0, 0.1) is 5.92 Å². The maximum atomic E-state index is 12.4. The summed E-state index contributed by atoms with van der Waals surface area (Å²) in [6.45, 7) is 0. The van der Waals surface area contributed by atoms with Crippen molar-refractivity contribution in [1.29, 1.82) is 0 Å². The number of halogens is 3. The summed E-state index contributed by atoms with van der Waals surface area (Å²) in [5.74, 6) is 2.54. The predicted octanol–water partition coefficient (Wildman–Crippen LogP) is 3.85. The van der Waals surface area contributed by atoms with Crippen LogP contribution in [-0.2, 0) is 6.18 Å². The van der Waals surface area contributed by atoms with E-state index in [1.807, 2.05) is 11.8 Å². The van der Waals surface area contributed by atoms with E-state index in [0.29, 0.717) is 5.92 Å². The third kappa shape index (κ3) is 3.20. The molecule has 0 bridgehead atoms. The molecule has 0 radical (unpaired) electrons. The number of hydrogen-bond donors (Lipinski definition) is 1. The number of thioether (sulfide) groups is 1. The van der Waals surface area contributed by atoms with Crippen molar-refractivity contribution < 1.29 is 13.2 Å². The molecule has 2 rings (SSSR count). The standard InChI is InChI=1S/C13H16F3NS/c14-13(15,16)11-5-3-9(4-6-11)12(17)10-2-1-7-18-8-10/h3-6,10,12H,1-2,7-8,17H2. The van der Waals surface area contributed by atoms with Gasteiger partial charge in [0, 0.05) is 6.04 Å². The third-order valence-electron chi connectivity index (χ3n) is 3.33. The van der Waals surface area contributed by atoms with Gasteiger partial charge in [0.15, 0.2) is 0 Å². The van der Waals surface area contributed by atoms with Gasteiger partial charge in [-0.15, -0.1) is 0 Å². The Kier molecular flexibility index (Phi) is 4.22. The first-order valence-corrected chi connectivity index (χ1v) is 7.14. The first-order valence-electron chi connectivity index (χ1n) is 5.99. The van der Waals surface area contributed by atoms with Crippen LogP contribution >= 0.6 is 11.8 Å². The lowest BCUT2D eigenvalue weighted by atomic mass is 9.91. The Morgan fingerprint density at radius 3 is 2.39 bits per heavy atom. The van der Waals surface area contributed by atoms with Crippen molar-refractivity contribution in [3.8, 4) is 0 Å². The van der Waals surface area contributed by atoms with Crippen molar-refractivity contribution in [2.45, 2.75) is 25.1 Å². The van der Waals surface area contributed by atoms with Crippen molar-refractivity contribution in [2.24, 2.45) is 11.7 Å². The van der Waals surface area contributed by atoms with Crippen LogP contribution in [0.1, 0.15) is 30.0 Å². The van der Waals surface area contributed by atoms with E-state index in [2.05, 4.69) is 0 Å². The van der Waals surface area contributed by atoms with Gasteiger partial charge < -0.3 is 5.73 Å². The van der Waals surface area contributed by atoms with Crippen molar-refractivity contribution in [1.82, 2.24) is 0 Å². The fourth-order valence-corrected chi connectivity index (χ4v) is 3.43. The summed E-state index contributed by atoms with van der Waals surface area (Å²) >= 11 is 1.87. The molecule has 1 aliphatic rings. The van der Waals surface area contributed by atoms with Crippen molar-refractivity contribution >= 4 is 11.8 Å². The second kappa shape index (κ2) is 5.53. The van der Waals surface area contributed by atoms with E-state index < -0.39 is 11.7 Å². The number of rotatable bonds is 2. The van der Waals surface area contributed by atoms with Crippen molar-refractivity contribution in [2.75, 3.05) is 11.5 Å². The topological polar surface area (TPSA) is 26.0 Å². The largest absolute Gasteiger partial charge is 0.416 e. The van der Waals surface area contributed by atoms with E-state index in [0.717, 1.165) is 42.0 Å². The Bertz CT molecular complexity index is 382. The van der Waals surface area contributed by atoms with Gasteiger partial charge in [-0.25, -0.2) is 0 Å². The van der Waals surface area contributed by atoms with E-state index in [1.165, 1.54) is 12.1 Å². The van der Waals surface area contributed by atoms with Crippen LogP contribution in [0.2, 0.25) is 0 Å². The molecular weight excluding hydrogens is 259 g/mol. The average molecular weight is 275 g/mol. The Morgan fingerprint density at radius 2 is 1.89 bits per heavy atom. The summed E-state index contributed by atoms with van der Waals surface area (Å²) in [5, 5.41) is 0. The molecule has 1 nitrogen and oxygen atoms in total. The van der Waals surface area contributed by atoms with Crippen molar-refractivity contribution in [3.63, 3.8) is 0 Å². The molecular formula is C13H16F3NS. The third-order valence-corrected chi connectivity index (χ3v) is 4.57. The minimum Gasteiger partial charge on any atom is -0.324 e. The molecule has 0 amide bonds. The van der Waals surface area contributed by atoms with E-state index >= 15 is 0 Å². The molecule has 1 aliphatic heterocycles. The Balaban J connectivity index is 2.09. The monoisotopic (exact) mass is 275 g/mol. The number of nitrogens with two attached hydrogens (primary N) is 1. The lowest BCUT2D eigenvalue weighted by Gasteiger charge is -2.27. The summed E-state index contributed by atoms with van der Waals surface area (Å²) in [7, 11) is 0. The molecule has 2 atom stereocenters. The molecule has 1 heterocycles. The van der Waals surface area contributed by atoms with Crippen LogP contribution in [0.3, 0.4) is 0 Å². The van der Waals surface area contributed by atoms with E-state index in [4.69, 9.17) is 5.73 Å². The maximum absolute atomic E-state index is 12.4. The molecule has 1 aromatic rings. The zero-order valence-corrected chi connectivity index (χ0v) is 10.7. The normalized spacial score (nSPS) is 22.8. The Labute approximate surface area is 109 Å². The highest BCUT2D eigenvalue weighted by molar-refractivity contribution is 7.99. The molecule has 18 heavy (non-hydrogen) atoms. The molecule has 0 aliphatic carbocycles. The van der Waals surface area contributed by atoms with Crippen LogP contribution in [-0.4, -0.2) is 11.5 Å². The number of alkyl halides is 3. The average Bonchev–Trinajstić information content (AvgIpc) is 2.38. The smallest absolute Gasteiger partial charge is 0.324 e. The fourth-order valence-electron chi connectivity index (χ4n) is 2.22. The maximum Gasteiger partial charge on any atom is 0.416 e. The van der Waals surface area contributed by atoms with Crippen molar-refractivity contribution in [3.05, 3.63) is 35.4 Å². The molecule has 2 unspecified atom stereocenters. The van der Waals surface area contributed by atoms with Crippen LogP contribution in [0.15, 0.2) is 24.3 Å². The highest BCUT2D eigenvalue weighted by Gasteiger charge is 2.30. The molecule has 2 N–H and O–H groups in total. The highest BCUT2D eigenvalue weighted by atomic mass is 32.2. The summed E-state index contributed by atoms with van der Waals surface area (Å²) in [6, 6.07) is 5.09. The molecule has 1 fully saturated rings. The highest BCUT2D eigenvalue weighted by Crippen LogP contribution is 2.33. The zero-order chi connectivity index (χ0) is 13.2. The van der Waals surface area contributed by atoms with Gasteiger partial charge in [-0.05, 0) is 48.0 Å². The SMILES string of the molecule is NC(c1ccc(C(F)(F)F)cc1)C1CCCSC1. The van der Waals surface area contributed by atoms with E-state index in [9.17, 15) is 13.2 Å². The minimum atomic E-state index is -4.27. The van der Waals surface area contributed by atoms with Gasteiger partial charge in [-0.1, -0.05) is 12.1 Å². The minimum absolute atomic E-state index is 0.153. The Hall–Kier alpha value is -0.680. The Morgan fingerprint density at radius 1 is 1.22 bits per heavy atom. The quantitative estimate of drug-likeness (QED) is 0.887. The van der Waals surface area contributed by atoms with E-state index in [1.54, 1.807) is 0 Å². The molecule has 5 heteroatoms. The lowest BCUT2D eigenvalue weighted by molar-refractivity contribution is -0.137. The first kappa shape index (κ1) is 13.7. The van der Waals surface area contributed by atoms with Gasteiger partial charge in [0.1, 0.15) is 0 Å². The molecule has 0 aromatic heterocycles. The lowest BCUT2D eigenvalue weighted by Crippen LogP contribution is -2.25. The van der Waals surface area contributed by atoms with Gasteiger partial charge in [0.05, 0.1) is 5.56 Å². The zero-order valence-electron chi connectivity index (χ0n) is 9.91. The van der Waals surface area contributed by atoms with Gasteiger partial charge in [0.25, 0.3) is 0 Å². The van der Waals surface area contributed by atoms with Crippen LogP contribution < -0.4 is 5.73 Å². The molecule has 100 valence electrons. The first-order chi connectivity index (χ1) is 8.48.